The van der Waals surface area contributed by atoms with Gasteiger partial charge in [0.25, 0.3) is 0 Å². The summed E-state index contributed by atoms with van der Waals surface area (Å²) in [5.74, 6) is 1.12. The van der Waals surface area contributed by atoms with Crippen molar-refractivity contribution in [3.05, 3.63) is 36.8 Å². The molecule has 0 fully saturated rings. The van der Waals surface area contributed by atoms with Gasteiger partial charge in [-0.1, -0.05) is 32.8 Å². The zero-order valence-corrected chi connectivity index (χ0v) is 10.5. The SMILES string of the molecule is C=CC(O)CC.CCCCCc1ccco1. The number of aryl methyl sites for hydroxylation is 1. The predicted octanol–water partition coefficient (Wildman–Crippen LogP) is 3.96. The highest BCUT2D eigenvalue weighted by molar-refractivity contribution is 4.97. The highest BCUT2D eigenvalue weighted by atomic mass is 16.3. The molecule has 1 aromatic heterocycles. The van der Waals surface area contributed by atoms with Gasteiger partial charge in [0, 0.05) is 6.42 Å². The average molecular weight is 224 g/mol. The predicted molar refractivity (Wildman–Crippen MR) is 68.4 cm³/mol. The third-order valence-electron chi connectivity index (χ3n) is 2.30. The van der Waals surface area contributed by atoms with Crippen LogP contribution in [0.5, 0.6) is 0 Å². The lowest BCUT2D eigenvalue weighted by atomic mass is 10.2. The molecule has 0 saturated carbocycles. The largest absolute Gasteiger partial charge is 0.469 e. The van der Waals surface area contributed by atoms with Gasteiger partial charge in [0.2, 0.25) is 0 Å². The van der Waals surface area contributed by atoms with E-state index < -0.39 is 0 Å². The Labute approximate surface area is 99.0 Å². The van der Waals surface area contributed by atoms with Gasteiger partial charge in [0.05, 0.1) is 12.4 Å². The molecule has 0 aliphatic carbocycles. The van der Waals surface area contributed by atoms with E-state index in [0.29, 0.717) is 0 Å². The van der Waals surface area contributed by atoms with E-state index in [4.69, 9.17) is 9.52 Å². The monoisotopic (exact) mass is 224 g/mol. The summed E-state index contributed by atoms with van der Waals surface area (Å²) >= 11 is 0. The maximum atomic E-state index is 8.55. The number of rotatable bonds is 6. The molecule has 1 rings (SSSR count). The molecule has 2 heteroatoms. The minimum Gasteiger partial charge on any atom is -0.469 e. The lowest BCUT2D eigenvalue weighted by Crippen LogP contribution is -1.95. The van der Waals surface area contributed by atoms with Gasteiger partial charge in [-0.2, -0.15) is 0 Å². The van der Waals surface area contributed by atoms with E-state index in [2.05, 4.69) is 13.5 Å². The molecule has 0 spiro atoms. The van der Waals surface area contributed by atoms with E-state index in [1.54, 1.807) is 6.26 Å². The number of furan rings is 1. The second-order valence-corrected chi connectivity index (χ2v) is 3.75. The van der Waals surface area contributed by atoms with Gasteiger partial charge in [-0.25, -0.2) is 0 Å². The standard InChI is InChI=1S/C9H14O.C5H10O/c1-2-3-4-6-9-7-5-8-10-9;1-3-5(6)4-2/h5,7-8H,2-4,6H2,1H3;3,5-6H,1,4H2,2H3. The van der Waals surface area contributed by atoms with E-state index in [9.17, 15) is 0 Å². The molecule has 1 N–H and O–H groups in total. The Morgan fingerprint density at radius 3 is 2.56 bits per heavy atom. The summed E-state index contributed by atoms with van der Waals surface area (Å²) in [6.45, 7) is 7.50. The first-order chi connectivity index (χ1) is 7.74. The van der Waals surface area contributed by atoms with Crippen LogP contribution in [0.3, 0.4) is 0 Å². The minimum atomic E-state index is -0.301. The normalized spacial score (nSPS) is 11.4. The van der Waals surface area contributed by atoms with Crippen molar-refractivity contribution in [1.82, 2.24) is 0 Å². The topological polar surface area (TPSA) is 33.4 Å². The average Bonchev–Trinajstić information content (AvgIpc) is 2.82. The first kappa shape index (κ1) is 15.0. The number of hydrogen-bond donors (Lipinski definition) is 1. The van der Waals surface area contributed by atoms with Gasteiger partial charge in [0.1, 0.15) is 5.76 Å². The molecule has 16 heavy (non-hydrogen) atoms. The molecule has 1 aromatic rings. The number of unbranched alkanes of at least 4 members (excludes halogenated alkanes) is 2. The zero-order chi connectivity index (χ0) is 12.2. The summed E-state index contributed by atoms with van der Waals surface area (Å²) in [5.41, 5.74) is 0. The summed E-state index contributed by atoms with van der Waals surface area (Å²) in [6, 6.07) is 3.98. The van der Waals surface area contributed by atoms with Crippen LogP contribution >= 0.6 is 0 Å². The Morgan fingerprint density at radius 2 is 2.19 bits per heavy atom. The fraction of sp³-hybridized carbons (Fsp3) is 0.571. The van der Waals surface area contributed by atoms with Crippen LogP contribution in [0.4, 0.5) is 0 Å². The fourth-order valence-corrected chi connectivity index (χ4v) is 1.17. The number of aliphatic hydroxyl groups is 1. The Kier molecular flexibility index (Phi) is 9.83. The Hall–Kier alpha value is -1.02. The molecule has 0 radical (unpaired) electrons. The van der Waals surface area contributed by atoms with E-state index in [0.717, 1.165) is 18.6 Å². The minimum absolute atomic E-state index is 0.301. The van der Waals surface area contributed by atoms with Crippen LogP contribution in [0.1, 0.15) is 45.3 Å². The maximum Gasteiger partial charge on any atom is 0.103 e. The van der Waals surface area contributed by atoms with Gasteiger partial charge in [-0.15, -0.1) is 6.58 Å². The second kappa shape index (κ2) is 10.5. The molecular formula is C14H24O2. The van der Waals surface area contributed by atoms with Crippen LogP contribution in [0.15, 0.2) is 35.5 Å². The summed E-state index contributed by atoms with van der Waals surface area (Å²) in [4.78, 5) is 0. The van der Waals surface area contributed by atoms with E-state index in [1.807, 2.05) is 19.1 Å². The molecule has 0 aromatic carbocycles. The molecule has 0 amide bonds. The van der Waals surface area contributed by atoms with Crippen molar-refractivity contribution in [3.8, 4) is 0 Å². The van der Waals surface area contributed by atoms with Gasteiger partial charge in [-0.3, -0.25) is 0 Å². The molecule has 92 valence electrons. The van der Waals surface area contributed by atoms with Crippen LogP contribution in [0.2, 0.25) is 0 Å². The molecule has 0 aliphatic rings. The van der Waals surface area contributed by atoms with Crippen molar-refractivity contribution in [3.63, 3.8) is 0 Å². The highest BCUT2D eigenvalue weighted by Gasteiger charge is 1.92. The summed E-state index contributed by atoms with van der Waals surface area (Å²) in [5, 5.41) is 8.55. The smallest absolute Gasteiger partial charge is 0.103 e. The third-order valence-corrected chi connectivity index (χ3v) is 2.30. The van der Waals surface area contributed by atoms with E-state index in [1.165, 1.54) is 25.3 Å². The molecular weight excluding hydrogens is 200 g/mol. The van der Waals surface area contributed by atoms with Crippen LogP contribution in [0, 0.1) is 0 Å². The molecule has 0 saturated heterocycles. The van der Waals surface area contributed by atoms with Gasteiger partial charge in [-0.05, 0) is 25.0 Å². The Morgan fingerprint density at radius 1 is 1.44 bits per heavy atom. The van der Waals surface area contributed by atoms with E-state index in [-0.39, 0.29) is 6.10 Å². The Bertz CT molecular complexity index is 239. The Balaban J connectivity index is 0.000000325. The van der Waals surface area contributed by atoms with Crippen molar-refractivity contribution >= 4 is 0 Å². The molecule has 1 unspecified atom stereocenters. The van der Waals surface area contributed by atoms with Gasteiger partial charge < -0.3 is 9.52 Å². The van der Waals surface area contributed by atoms with Crippen molar-refractivity contribution in [1.29, 1.82) is 0 Å². The summed E-state index contributed by atoms with van der Waals surface area (Å²) < 4.78 is 5.18. The van der Waals surface area contributed by atoms with Crippen molar-refractivity contribution in [2.45, 2.75) is 52.1 Å². The summed E-state index contributed by atoms with van der Waals surface area (Å²) in [7, 11) is 0. The highest BCUT2D eigenvalue weighted by Crippen LogP contribution is 2.06. The fourth-order valence-electron chi connectivity index (χ4n) is 1.17. The second-order valence-electron chi connectivity index (χ2n) is 3.75. The van der Waals surface area contributed by atoms with Gasteiger partial charge >= 0.3 is 0 Å². The van der Waals surface area contributed by atoms with Crippen molar-refractivity contribution in [2.75, 3.05) is 0 Å². The molecule has 2 nitrogen and oxygen atoms in total. The quantitative estimate of drug-likeness (QED) is 0.586. The lowest BCUT2D eigenvalue weighted by molar-refractivity contribution is 0.219. The number of aliphatic hydroxyl groups excluding tert-OH is 1. The van der Waals surface area contributed by atoms with Crippen LogP contribution < -0.4 is 0 Å². The van der Waals surface area contributed by atoms with Crippen LogP contribution in [-0.2, 0) is 6.42 Å². The summed E-state index contributed by atoms with van der Waals surface area (Å²) in [6.07, 6.45) is 8.67. The maximum absolute atomic E-state index is 8.55. The zero-order valence-electron chi connectivity index (χ0n) is 10.5. The van der Waals surface area contributed by atoms with Gasteiger partial charge in [0.15, 0.2) is 0 Å². The van der Waals surface area contributed by atoms with E-state index >= 15 is 0 Å². The lowest BCUT2D eigenvalue weighted by Gasteiger charge is -1.93. The first-order valence-electron chi connectivity index (χ1n) is 6.07. The molecule has 0 aliphatic heterocycles. The number of hydrogen-bond acceptors (Lipinski definition) is 2. The van der Waals surface area contributed by atoms with Crippen LogP contribution in [0.25, 0.3) is 0 Å². The molecule has 0 bridgehead atoms. The first-order valence-corrected chi connectivity index (χ1v) is 6.07. The van der Waals surface area contributed by atoms with Crippen molar-refractivity contribution < 1.29 is 9.52 Å². The third kappa shape index (κ3) is 8.30. The molecule has 1 heterocycles. The van der Waals surface area contributed by atoms with Crippen LogP contribution in [-0.4, -0.2) is 11.2 Å². The molecule has 1 atom stereocenters. The van der Waals surface area contributed by atoms with Crippen molar-refractivity contribution in [2.24, 2.45) is 0 Å².